The van der Waals surface area contributed by atoms with Gasteiger partial charge < -0.3 is 14.9 Å². The quantitative estimate of drug-likeness (QED) is 0.795. The molecular formula is C10H14NO4P. The van der Waals surface area contributed by atoms with Crippen molar-refractivity contribution in [2.24, 2.45) is 0 Å². The number of amides is 1. The summed E-state index contributed by atoms with van der Waals surface area (Å²) in [5, 5.41) is 2.35. The van der Waals surface area contributed by atoms with Crippen LogP contribution in [0.2, 0.25) is 0 Å². The van der Waals surface area contributed by atoms with Gasteiger partial charge in [0.2, 0.25) is 7.37 Å². The number of alkyl carbamates (subject to hydrolysis) is 1. The van der Waals surface area contributed by atoms with Gasteiger partial charge in [-0.1, -0.05) is 30.3 Å². The average Bonchev–Trinajstić information content (AvgIpc) is 2.25. The first kappa shape index (κ1) is 12.7. The summed E-state index contributed by atoms with van der Waals surface area (Å²) in [6, 6.07) is 8.60. The Morgan fingerprint density at radius 3 is 2.44 bits per heavy atom. The number of carbonyl (C=O) groups is 1. The van der Waals surface area contributed by atoms with Crippen molar-refractivity contribution in [3.05, 3.63) is 35.9 Å². The Bertz CT molecular complexity index is 401. The fourth-order valence-corrected chi connectivity index (χ4v) is 2.36. The molecule has 88 valence electrons. The number of nitrogens with one attached hydrogen (secondary N) is 1. The third kappa shape index (κ3) is 3.36. The van der Waals surface area contributed by atoms with Crippen LogP contribution in [-0.4, -0.2) is 24.8 Å². The van der Waals surface area contributed by atoms with Crippen LogP contribution < -0.4 is 5.32 Å². The lowest BCUT2D eigenvalue weighted by molar-refractivity contribution is 0.169. The van der Waals surface area contributed by atoms with Gasteiger partial charge in [0, 0.05) is 6.66 Å². The number of benzene rings is 1. The van der Waals surface area contributed by atoms with E-state index in [1.54, 1.807) is 30.3 Å². The molecule has 1 rings (SSSR count). The lowest BCUT2D eigenvalue weighted by Gasteiger charge is -2.20. The standard InChI is InChI=1S/C10H14NO4P/c1-15-10(12)11-9(16(2,13)14)8-6-4-3-5-7-8/h3-7,9H,1-2H3,(H,11,12)(H,13,14). The smallest absolute Gasteiger partial charge is 0.407 e. The van der Waals surface area contributed by atoms with Gasteiger partial charge in [0.15, 0.2) is 0 Å². The number of methoxy groups -OCH3 is 1. The Hall–Kier alpha value is -1.32. The molecule has 1 aromatic rings. The van der Waals surface area contributed by atoms with E-state index < -0.39 is 19.2 Å². The lowest BCUT2D eigenvalue weighted by atomic mass is 10.2. The predicted molar refractivity (Wildman–Crippen MR) is 60.5 cm³/mol. The van der Waals surface area contributed by atoms with Crippen LogP contribution in [0.4, 0.5) is 4.79 Å². The summed E-state index contributed by atoms with van der Waals surface area (Å²) in [5.74, 6) is -0.943. The van der Waals surface area contributed by atoms with E-state index in [1.807, 2.05) is 0 Å². The van der Waals surface area contributed by atoms with E-state index in [1.165, 1.54) is 13.8 Å². The van der Waals surface area contributed by atoms with Gasteiger partial charge in [-0.3, -0.25) is 4.57 Å². The molecule has 0 fully saturated rings. The average molecular weight is 243 g/mol. The van der Waals surface area contributed by atoms with Gasteiger partial charge in [0.05, 0.1) is 7.11 Å². The zero-order chi connectivity index (χ0) is 12.2. The second kappa shape index (κ2) is 5.14. The minimum absolute atomic E-state index is 0.571. The van der Waals surface area contributed by atoms with Crippen LogP contribution in [0.1, 0.15) is 11.3 Å². The van der Waals surface area contributed by atoms with Crippen molar-refractivity contribution < 1.29 is 19.0 Å². The number of carbonyl (C=O) groups excluding carboxylic acids is 1. The molecule has 0 heterocycles. The van der Waals surface area contributed by atoms with Crippen molar-refractivity contribution in [2.75, 3.05) is 13.8 Å². The zero-order valence-corrected chi connectivity index (χ0v) is 9.98. The Morgan fingerprint density at radius 2 is 2.00 bits per heavy atom. The summed E-state index contributed by atoms with van der Waals surface area (Å²) < 4.78 is 16.1. The Kier molecular flexibility index (Phi) is 4.10. The maximum atomic E-state index is 11.7. The largest absolute Gasteiger partial charge is 0.453 e. The van der Waals surface area contributed by atoms with E-state index in [9.17, 15) is 14.3 Å². The molecule has 0 bridgehead atoms. The van der Waals surface area contributed by atoms with Crippen molar-refractivity contribution >= 4 is 13.5 Å². The molecule has 0 saturated carbocycles. The lowest BCUT2D eigenvalue weighted by Crippen LogP contribution is -2.28. The second-order valence-electron chi connectivity index (χ2n) is 3.39. The van der Waals surface area contributed by atoms with Crippen molar-refractivity contribution in [1.29, 1.82) is 0 Å². The first-order valence-corrected chi connectivity index (χ1v) is 6.82. The van der Waals surface area contributed by atoms with E-state index in [2.05, 4.69) is 10.1 Å². The molecule has 0 aliphatic heterocycles. The maximum absolute atomic E-state index is 11.7. The Morgan fingerprint density at radius 1 is 1.44 bits per heavy atom. The summed E-state index contributed by atoms with van der Waals surface area (Å²) in [6.07, 6.45) is -0.732. The topological polar surface area (TPSA) is 75.6 Å². The molecule has 1 aromatic carbocycles. The van der Waals surface area contributed by atoms with Crippen molar-refractivity contribution in [2.45, 2.75) is 5.78 Å². The van der Waals surface area contributed by atoms with Gasteiger partial charge in [-0.15, -0.1) is 0 Å². The zero-order valence-electron chi connectivity index (χ0n) is 9.08. The second-order valence-corrected chi connectivity index (χ2v) is 5.80. The van der Waals surface area contributed by atoms with E-state index >= 15 is 0 Å². The first-order valence-electron chi connectivity index (χ1n) is 4.64. The molecule has 6 heteroatoms. The molecule has 0 spiro atoms. The number of ether oxygens (including phenoxy) is 1. The van der Waals surface area contributed by atoms with Gasteiger partial charge in [-0.2, -0.15) is 0 Å². The summed E-state index contributed by atoms with van der Waals surface area (Å²) in [4.78, 5) is 20.6. The molecule has 0 saturated heterocycles. The fraction of sp³-hybridized carbons (Fsp3) is 0.300. The van der Waals surface area contributed by atoms with Crippen LogP contribution in [0.3, 0.4) is 0 Å². The van der Waals surface area contributed by atoms with Crippen LogP contribution in [0.15, 0.2) is 30.3 Å². The highest BCUT2D eigenvalue weighted by atomic mass is 31.2. The fourth-order valence-electron chi connectivity index (χ4n) is 1.29. The molecule has 0 aliphatic carbocycles. The summed E-state index contributed by atoms with van der Waals surface area (Å²) in [7, 11) is -2.27. The normalized spacial score (nSPS) is 15.9. The molecule has 2 unspecified atom stereocenters. The molecule has 2 N–H and O–H groups in total. The monoisotopic (exact) mass is 243 g/mol. The summed E-state index contributed by atoms with van der Waals surface area (Å²) >= 11 is 0. The van der Waals surface area contributed by atoms with Crippen LogP contribution in [0, 0.1) is 0 Å². The van der Waals surface area contributed by atoms with Crippen LogP contribution in [0.5, 0.6) is 0 Å². The van der Waals surface area contributed by atoms with Crippen molar-refractivity contribution in [1.82, 2.24) is 5.32 Å². The SMILES string of the molecule is COC(=O)NC(c1ccccc1)P(C)(=O)O. The van der Waals surface area contributed by atoms with E-state index in [0.29, 0.717) is 5.56 Å². The molecule has 16 heavy (non-hydrogen) atoms. The highest BCUT2D eigenvalue weighted by Crippen LogP contribution is 2.50. The van der Waals surface area contributed by atoms with Gasteiger partial charge in [-0.25, -0.2) is 4.79 Å². The van der Waals surface area contributed by atoms with Crippen LogP contribution in [0.25, 0.3) is 0 Å². The van der Waals surface area contributed by atoms with Crippen LogP contribution in [-0.2, 0) is 9.30 Å². The van der Waals surface area contributed by atoms with Crippen molar-refractivity contribution in [3.63, 3.8) is 0 Å². The van der Waals surface area contributed by atoms with Crippen molar-refractivity contribution in [3.8, 4) is 0 Å². The van der Waals surface area contributed by atoms with E-state index in [-0.39, 0.29) is 0 Å². The third-order valence-electron chi connectivity index (χ3n) is 2.03. The minimum Gasteiger partial charge on any atom is -0.453 e. The summed E-state index contributed by atoms with van der Waals surface area (Å²) in [5.41, 5.74) is 0.571. The van der Waals surface area contributed by atoms with Gasteiger partial charge in [0.25, 0.3) is 0 Å². The van der Waals surface area contributed by atoms with E-state index in [4.69, 9.17) is 0 Å². The number of rotatable bonds is 3. The van der Waals surface area contributed by atoms with Gasteiger partial charge >= 0.3 is 6.09 Å². The molecule has 0 radical (unpaired) electrons. The molecule has 0 aromatic heterocycles. The van der Waals surface area contributed by atoms with Gasteiger partial charge in [0.1, 0.15) is 5.78 Å². The first-order chi connectivity index (χ1) is 7.45. The third-order valence-corrected chi connectivity index (χ3v) is 3.42. The predicted octanol–water partition coefficient (Wildman–Crippen LogP) is 1.94. The van der Waals surface area contributed by atoms with E-state index in [0.717, 1.165) is 0 Å². The minimum atomic E-state index is -3.48. The number of hydrogen-bond donors (Lipinski definition) is 2. The molecular weight excluding hydrogens is 229 g/mol. The highest BCUT2D eigenvalue weighted by molar-refractivity contribution is 7.57. The molecule has 5 nitrogen and oxygen atoms in total. The molecule has 2 atom stereocenters. The number of hydrogen-bond acceptors (Lipinski definition) is 3. The van der Waals surface area contributed by atoms with Crippen LogP contribution >= 0.6 is 7.37 Å². The Labute approximate surface area is 93.9 Å². The summed E-state index contributed by atoms with van der Waals surface area (Å²) in [6.45, 7) is 1.20. The maximum Gasteiger partial charge on any atom is 0.407 e. The Balaban J connectivity index is 2.98. The molecule has 1 amide bonds. The molecule has 0 aliphatic rings. The highest BCUT2D eigenvalue weighted by Gasteiger charge is 2.29. The van der Waals surface area contributed by atoms with Gasteiger partial charge in [-0.05, 0) is 5.56 Å².